The lowest BCUT2D eigenvalue weighted by Gasteiger charge is -2.38. The summed E-state index contributed by atoms with van der Waals surface area (Å²) in [5, 5.41) is 11.8. The number of carbonyl (C=O) groups excluding carboxylic acids is 1. The Labute approximate surface area is 184 Å². The second kappa shape index (κ2) is 8.99. The molecule has 162 valence electrons. The maximum atomic E-state index is 14.1. The third-order valence-corrected chi connectivity index (χ3v) is 5.18. The molecule has 2 atom stereocenters. The van der Waals surface area contributed by atoms with Crippen LogP contribution in [0.15, 0.2) is 54.6 Å². The predicted octanol–water partition coefficient (Wildman–Crippen LogP) is 2.97. The molecule has 3 N–H and O–H groups in total. The van der Waals surface area contributed by atoms with E-state index in [0.717, 1.165) is 0 Å². The highest BCUT2D eigenvalue weighted by molar-refractivity contribution is 5.94. The minimum absolute atomic E-state index is 0.0197. The molecule has 1 amide bonds. The van der Waals surface area contributed by atoms with E-state index >= 15 is 0 Å². The van der Waals surface area contributed by atoms with Crippen molar-refractivity contribution in [1.82, 2.24) is 9.97 Å². The lowest BCUT2D eigenvalue weighted by Crippen LogP contribution is -2.52. The number of amides is 1. The summed E-state index contributed by atoms with van der Waals surface area (Å²) in [6, 6.07) is 16.8. The molecular weight excluding hydrogens is 411 g/mol. The number of anilines is 3. The highest BCUT2D eigenvalue weighted by atomic mass is 19.1. The van der Waals surface area contributed by atoms with Crippen LogP contribution in [0.2, 0.25) is 0 Å². The van der Waals surface area contributed by atoms with Crippen molar-refractivity contribution in [3.05, 3.63) is 66.0 Å². The Hall–Kier alpha value is -4.03. The lowest BCUT2D eigenvalue weighted by atomic mass is 10.1. The van der Waals surface area contributed by atoms with Crippen molar-refractivity contribution in [2.75, 3.05) is 29.1 Å². The summed E-state index contributed by atoms with van der Waals surface area (Å²) in [7, 11) is 0. The molecule has 1 aliphatic heterocycles. The SMILES string of the molecule is C[C@@H]1CO[C@H](C(=O)Nc2ccccc2)CN1c1cc(-c2ccc(C#N)c(F)c2)nc(N)n1. The number of nitriles is 1. The van der Waals surface area contributed by atoms with Crippen LogP contribution in [-0.2, 0) is 9.53 Å². The number of halogens is 1. The average molecular weight is 432 g/mol. The van der Waals surface area contributed by atoms with Crippen LogP contribution >= 0.6 is 0 Å². The molecule has 4 rings (SSSR count). The Morgan fingerprint density at radius 2 is 2.03 bits per heavy atom. The van der Waals surface area contributed by atoms with Crippen molar-refractivity contribution in [2.45, 2.75) is 19.1 Å². The molecule has 0 radical (unpaired) electrons. The van der Waals surface area contributed by atoms with Gasteiger partial charge >= 0.3 is 0 Å². The number of hydrogen-bond donors (Lipinski definition) is 2. The summed E-state index contributed by atoms with van der Waals surface area (Å²) in [4.78, 5) is 23.2. The van der Waals surface area contributed by atoms with E-state index in [1.165, 1.54) is 12.1 Å². The van der Waals surface area contributed by atoms with Crippen LogP contribution in [0.1, 0.15) is 12.5 Å². The summed E-state index contributed by atoms with van der Waals surface area (Å²) in [5.74, 6) is -0.373. The Bertz CT molecular complexity index is 1180. The molecule has 9 heteroatoms. The number of nitrogens with one attached hydrogen (secondary N) is 1. The van der Waals surface area contributed by atoms with Crippen LogP contribution in [0.3, 0.4) is 0 Å². The highest BCUT2D eigenvalue weighted by Crippen LogP contribution is 2.27. The Morgan fingerprint density at radius 1 is 1.25 bits per heavy atom. The van der Waals surface area contributed by atoms with Crippen molar-refractivity contribution >= 4 is 23.4 Å². The van der Waals surface area contributed by atoms with Gasteiger partial charge in [0.2, 0.25) is 5.95 Å². The molecule has 32 heavy (non-hydrogen) atoms. The van der Waals surface area contributed by atoms with E-state index in [-0.39, 0.29) is 30.0 Å². The number of carbonyl (C=O) groups is 1. The van der Waals surface area contributed by atoms with Crippen LogP contribution in [0.5, 0.6) is 0 Å². The van der Waals surface area contributed by atoms with Crippen molar-refractivity contribution in [3.8, 4) is 17.3 Å². The van der Waals surface area contributed by atoms with E-state index in [0.29, 0.717) is 29.4 Å². The quantitative estimate of drug-likeness (QED) is 0.651. The zero-order valence-corrected chi connectivity index (χ0v) is 17.3. The van der Waals surface area contributed by atoms with Gasteiger partial charge in [-0.3, -0.25) is 4.79 Å². The first kappa shape index (κ1) is 21.2. The van der Waals surface area contributed by atoms with Gasteiger partial charge in [0.15, 0.2) is 6.10 Å². The smallest absolute Gasteiger partial charge is 0.255 e. The van der Waals surface area contributed by atoms with E-state index in [1.807, 2.05) is 30.0 Å². The number of morpholine rings is 1. The van der Waals surface area contributed by atoms with Crippen molar-refractivity contribution in [3.63, 3.8) is 0 Å². The van der Waals surface area contributed by atoms with Gasteiger partial charge in [-0.15, -0.1) is 0 Å². The van der Waals surface area contributed by atoms with Crippen molar-refractivity contribution < 1.29 is 13.9 Å². The number of nitrogen functional groups attached to an aromatic ring is 1. The van der Waals surface area contributed by atoms with Crippen LogP contribution < -0.4 is 16.0 Å². The van der Waals surface area contributed by atoms with Gasteiger partial charge in [0, 0.05) is 17.3 Å². The number of para-hydroxylation sites is 1. The molecule has 8 nitrogen and oxygen atoms in total. The molecule has 0 bridgehead atoms. The maximum Gasteiger partial charge on any atom is 0.255 e. The van der Waals surface area contributed by atoms with Gasteiger partial charge in [-0.1, -0.05) is 24.3 Å². The molecule has 2 aromatic carbocycles. The first-order valence-electron chi connectivity index (χ1n) is 10.0. The summed E-state index contributed by atoms with van der Waals surface area (Å²) in [6.45, 7) is 2.53. The fraction of sp³-hybridized carbons (Fsp3) is 0.217. The second-order valence-corrected chi connectivity index (χ2v) is 7.45. The van der Waals surface area contributed by atoms with Gasteiger partial charge in [-0.2, -0.15) is 10.2 Å². The second-order valence-electron chi connectivity index (χ2n) is 7.45. The van der Waals surface area contributed by atoms with E-state index in [9.17, 15) is 9.18 Å². The largest absolute Gasteiger partial charge is 0.368 e. The van der Waals surface area contributed by atoms with E-state index in [1.54, 1.807) is 30.3 Å². The lowest BCUT2D eigenvalue weighted by molar-refractivity contribution is -0.128. The number of rotatable bonds is 4. The zero-order valence-electron chi connectivity index (χ0n) is 17.3. The monoisotopic (exact) mass is 432 g/mol. The summed E-state index contributed by atoms with van der Waals surface area (Å²) >= 11 is 0. The maximum absolute atomic E-state index is 14.1. The molecule has 3 aromatic rings. The molecule has 1 fully saturated rings. The van der Waals surface area contributed by atoms with Crippen LogP contribution in [-0.4, -0.2) is 41.2 Å². The number of nitrogens with two attached hydrogens (primary N) is 1. The van der Waals surface area contributed by atoms with Gasteiger partial charge in [0.05, 0.1) is 30.5 Å². The van der Waals surface area contributed by atoms with E-state index < -0.39 is 11.9 Å². The highest BCUT2D eigenvalue weighted by Gasteiger charge is 2.32. The first-order chi connectivity index (χ1) is 15.4. The number of benzene rings is 2. The van der Waals surface area contributed by atoms with Crippen LogP contribution in [0.25, 0.3) is 11.3 Å². The molecule has 1 aliphatic rings. The topological polar surface area (TPSA) is 117 Å². The van der Waals surface area contributed by atoms with E-state index in [2.05, 4.69) is 15.3 Å². The molecule has 0 spiro atoms. The Morgan fingerprint density at radius 3 is 2.75 bits per heavy atom. The fourth-order valence-electron chi connectivity index (χ4n) is 3.49. The number of ether oxygens (including phenoxy) is 1. The third kappa shape index (κ3) is 4.50. The van der Waals surface area contributed by atoms with Crippen molar-refractivity contribution in [1.29, 1.82) is 5.26 Å². The summed E-state index contributed by atoms with van der Waals surface area (Å²) in [6.07, 6.45) is -0.710. The Balaban J connectivity index is 1.58. The number of nitrogens with zero attached hydrogens (tertiary/aromatic N) is 4. The van der Waals surface area contributed by atoms with Gasteiger partial charge in [0.25, 0.3) is 5.91 Å². The molecule has 0 unspecified atom stereocenters. The van der Waals surface area contributed by atoms with Gasteiger partial charge in [-0.25, -0.2) is 9.37 Å². The molecule has 1 saturated heterocycles. The zero-order chi connectivity index (χ0) is 22.7. The molecule has 1 aromatic heterocycles. The average Bonchev–Trinajstić information content (AvgIpc) is 2.79. The van der Waals surface area contributed by atoms with Gasteiger partial charge in [0.1, 0.15) is 17.7 Å². The van der Waals surface area contributed by atoms with Crippen molar-refractivity contribution in [2.24, 2.45) is 0 Å². The minimum atomic E-state index is -0.710. The molecule has 2 heterocycles. The molecule has 0 aliphatic carbocycles. The third-order valence-electron chi connectivity index (χ3n) is 5.18. The number of aromatic nitrogens is 2. The Kier molecular flexibility index (Phi) is 5.96. The van der Waals surface area contributed by atoms with Gasteiger partial charge in [-0.05, 0) is 31.2 Å². The number of hydrogen-bond acceptors (Lipinski definition) is 7. The molecular formula is C23H21FN6O2. The van der Waals surface area contributed by atoms with Crippen LogP contribution in [0, 0.1) is 17.1 Å². The molecule has 0 saturated carbocycles. The normalized spacial score (nSPS) is 18.1. The van der Waals surface area contributed by atoms with E-state index in [4.69, 9.17) is 15.7 Å². The summed E-state index contributed by atoms with van der Waals surface area (Å²) < 4.78 is 19.9. The minimum Gasteiger partial charge on any atom is -0.368 e. The first-order valence-corrected chi connectivity index (χ1v) is 10.0. The summed E-state index contributed by atoms with van der Waals surface area (Å²) in [5.41, 5.74) is 7.45. The predicted molar refractivity (Wildman–Crippen MR) is 118 cm³/mol. The van der Waals surface area contributed by atoms with Gasteiger partial charge < -0.3 is 20.7 Å². The van der Waals surface area contributed by atoms with Crippen LogP contribution in [0.4, 0.5) is 21.8 Å². The fourth-order valence-corrected chi connectivity index (χ4v) is 3.49. The standard InChI is InChI=1S/C23H21FN6O2/c1-14-13-32-20(22(31)27-17-5-3-2-4-6-17)12-30(14)21-10-19(28-23(26)29-21)15-7-8-16(11-25)18(24)9-15/h2-10,14,20H,12-13H2,1H3,(H,27,31)(H2,26,28,29)/t14-,20+/m1/s1.